The zero-order valence-corrected chi connectivity index (χ0v) is 10.7. The third-order valence-electron chi connectivity index (χ3n) is 2.65. The van der Waals surface area contributed by atoms with Crippen LogP contribution in [0.15, 0.2) is 24.7 Å². The van der Waals surface area contributed by atoms with Gasteiger partial charge in [-0.2, -0.15) is 0 Å². The molecule has 3 nitrogen and oxygen atoms in total. The van der Waals surface area contributed by atoms with Crippen LogP contribution in [0.3, 0.4) is 0 Å². The van der Waals surface area contributed by atoms with Crippen molar-refractivity contribution < 1.29 is 4.57 Å². The van der Waals surface area contributed by atoms with Gasteiger partial charge >= 0.3 is 0 Å². The standard InChI is InChI=1S/C12H15N2OP/c1-4-9-5-6-10-7-13-8-14-11(10)12(9)16(2,3)15/h5-8H,4H2,1-3H3. The highest BCUT2D eigenvalue weighted by molar-refractivity contribution is 7.70. The molecule has 0 saturated heterocycles. The van der Waals surface area contributed by atoms with Gasteiger partial charge in [0.05, 0.1) is 5.52 Å². The van der Waals surface area contributed by atoms with Crippen molar-refractivity contribution in [1.29, 1.82) is 0 Å². The van der Waals surface area contributed by atoms with E-state index in [1.54, 1.807) is 19.5 Å². The van der Waals surface area contributed by atoms with Crippen molar-refractivity contribution in [3.63, 3.8) is 0 Å². The van der Waals surface area contributed by atoms with Crippen LogP contribution in [0.4, 0.5) is 0 Å². The van der Waals surface area contributed by atoms with Crippen LogP contribution in [0.1, 0.15) is 12.5 Å². The van der Waals surface area contributed by atoms with Crippen LogP contribution in [-0.4, -0.2) is 23.3 Å². The number of aryl methyl sites for hydroxylation is 1. The summed E-state index contributed by atoms with van der Waals surface area (Å²) in [6.45, 7) is 5.66. The Labute approximate surface area is 95.3 Å². The number of nitrogens with zero attached hydrogens (tertiary/aromatic N) is 2. The van der Waals surface area contributed by atoms with Gasteiger partial charge in [0.15, 0.2) is 0 Å². The highest BCUT2D eigenvalue weighted by Crippen LogP contribution is 2.38. The average Bonchev–Trinajstić information content (AvgIpc) is 2.26. The van der Waals surface area contributed by atoms with Crippen molar-refractivity contribution in [3.8, 4) is 0 Å². The smallest absolute Gasteiger partial charge is 0.116 e. The van der Waals surface area contributed by atoms with Gasteiger partial charge in [-0.1, -0.05) is 19.1 Å². The maximum Gasteiger partial charge on any atom is 0.116 e. The summed E-state index contributed by atoms with van der Waals surface area (Å²) in [5.74, 6) is 0. The highest BCUT2D eigenvalue weighted by atomic mass is 31.2. The molecule has 0 saturated carbocycles. The van der Waals surface area contributed by atoms with E-state index >= 15 is 0 Å². The van der Waals surface area contributed by atoms with Crippen molar-refractivity contribution in [2.75, 3.05) is 13.3 Å². The van der Waals surface area contributed by atoms with Gasteiger partial charge in [-0.05, 0) is 25.3 Å². The predicted octanol–water partition coefficient (Wildman–Crippen LogP) is 2.44. The van der Waals surface area contributed by atoms with Crippen molar-refractivity contribution in [2.24, 2.45) is 0 Å². The van der Waals surface area contributed by atoms with E-state index in [9.17, 15) is 4.57 Å². The Bertz CT molecular complexity index is 574. The second-order valence-electron chi connectivity index (χ2n) is 4.24. The fourth-order valence-corrected chi connectivity index (χ4v) is 3.59. The van der Waals surface area contributed by atoms with Crippen molar-refractivity contribution in [3.05, 3.63) is 30.2 Å². The highest BCUT2D eigenvalue weighted by Gasteiger charge is 2.19. The van der Waals surface area contributed by atoms with Gasteiger partial charge in [-0.25, -0.2) is 9.97 Å². The fraction of sp³-hybridized carbons (Fsp3) is 0.333. The first kappa shape index (κ1) is 11.3. The zero-order valence-electron chi connectivity index (χ0n) is 9.77. The van der Waals surface area contributed by atoms with Gasteiger partial charge in [0.1, 0.15) is 13.5 Å². The van der Waals surface area contributed by atoms with Crippen molar-refractivity contribution >= 4 is 23.3 Å². The lowest BCUT2D eigenvalue weighted by atomic mass is 10.1. The molecule has 2 aromatic rings. The van der Waals surface area contributed by atoms with Crippen LogP contribution in [0.25, 0.3) is 10.9 Å². The maximum atomic E-state index is 12.3. The van der Waals surface area contributed by atoms with Crippen LogP contribution < -0.4 is 5.30 Å². The van der Waals surface area contributed by atoms with Crippen LogP contribution in [0.2, 0.25) is 0 Å². The maximum absolute atomic E-state index is 12.3. The summed E-state index contributed by atoms with van der Waals surface area (Å²) in [6, 6.07) is 4.02. The lowest BCUT2D eigenvalue weighted by molar-refractivity contribution is 0.588. The first-order chi connectivity index (χ1) is 7.54. The summed E-state index contributed by atoms with van der Waals surface area (Å²) < 4.78 is 12.3. The third kappa shape index (κ3) is 1.88. The summed E-state index contributed by atoms with van der Waals surface area (Å²) in [4.78, 5) is 8.26. The molecule has 0 aliphatic heterocycles. The van der Waals surface area contributed by atoms with E-state index in [2.05, 4.69) is 16.9 Å². The van der Waals surface area contributed by atoms with E-state index in [4.69, 9.17) is 0 Å². The summed E-state index contributed by atoms with van der Waals surface area (Å²) in [5.41, 5.74) is 1.96. The summed E-state index contributed by atoms with van der Waals surface area (Å²) in [6.07, 6.45) is 4.16. The molecule has 0 N–H and O–H groups in total. The Kier molecular flexibility index (Phi) is 2.81. The zero-order chi connectivity index (χ0) is 11.8. The van der Waals surface area contributed by atoms with Crippen molar-refractivity contribution in [1.82, 2.24) is 9.97 Å². The minimum Gasteiger partial charge on any atom is -0.319 e. The Balaban J connectivity index is 2.89. The molecule has 0 aliphatic carbocycles. The molecule has 4 heteroatoms. The molecule has 16 heavy (non-hydrogen) atoms. The van der Waals surface area contributed by atoms with Gasteiger partial charge in [-0.15, -0.1) is 0 Å². The summed E-state index contributed by atoms with van der Waals surface area (Å²) in [5, 5.41) is 1.87. The lowest BCUT2D eigenvalue weighted by Crippen LogP contribution is -2.12. The number of hydrogen-bond acceptors (Lipinski definition) is 3. The topological polar surface area (TPSA) is 42.9 Å². The van der Waals surface area contributed by atoms with Crippen LogP contribution >= 0.6 is 7.14 Å². The molecule has 0 aliphatic rings. The molecular formula is C12H15N2OP. The Morgan fingerprint density at radius 3 is 2.69 bits per heavy atom. The minimum atomic E-state index is -2.31. The van der Waals surface area contributed by atoms with Crippen LogP contribution in [-0.2, 0) is 11.0 Å². The molecule has 0 spiro atoms. The number of hydrogen-bond donors (Lipinski definition) is 0. The Morgan fingerprint density at radius 1 is 1.31 bits per heavy atom. The van der Waals surface area contributed by atoms with E-state index in [-0.39, 0.29) is 0 Å². The molecule has 0 bridgehead atoms. The summed E-state index contributed by atoms with van der Waals surface area (Å²) in [7, 11) is -2.31. The monoisotopic (exact) mass is 234 g/mol. The first-order valence-electron chi connectivity index (χ1n) is 5.31. The predicted molar refractivity (Wildman–Crippen MR) is 68.0 cm³/mol. The van der Waals surface area contributed by atoms with Crippen LogP contribution in [0, 0.1) is 0 Å². The molecule has 0 fully saturated rings. The average molecular weight is 234 g/mol. The summed E-state index contributed by atoms with van der Waals surface area (Å²) >= 11 is 0. The molecule has 2 rings (SSSR count). The molecule has 1 aromatic heterocycles. The van der Waals surface area contributed by atoms with E-state index in [1.807, 2.05) is 12.1 Å². The quantitative estimate of drug-likeness (QED) is 0.749. The Hall–Kier alpha value is -1.21. The molecule has 0 radical (unpaired) electrons. The second-order valence-corrected chi connectivity index (χ2v) is 7.39. The SMILES string of the molecule is CCc1ccc2cncnc2c1P(C)(C)=O. The first-order valence-corrected chi connectivity index (χ1v) is 7.91. The van der Waals surface area contributed by atoms with Gasteiger partial charge in [0.25, 0.3) is 0 Å². The third-order valence-corrected chi connectivity index (χ3v) is 4.23. The van der Waals surface area contributed by atoms with Gasteiger partial charge in [0.2, 0.25) is 0 Å². The fourth-order valence-electron chi connectivity index (χ4n) is 1.97. The van der Waals surface area contributed by atoms with Crippen molar-refractivity contribution in [2.45, 2.75) is 13.3 Å². The molecule has 1 aromatic carbocycles. The Morgan fingerprint density at radius 2 is 2.06 bits per heavy atom. The number of benzene rings is 1. The number of aromatic nitrogens is 2. The minimum absolute atomic E-state index is 0.836. The molecule has 0 unspecified atom stereocenters. The number of rotatable bonds is 2. The largest absolute Gasteiger partial charge is 0.319 e. The number of fused-ring (bicyclic) bond motifs is 1. The molecule has 1 heterocycles. The molecule has 0 atom stereocenters. The molecular weight excluding hydrogens is 219 g/mol. The van der Waals surface area contributed by atoms with E-state index in [0.717, 1.165) is 28.2 Å². The van der Waals surface area contributed by atoms with E-state index in [0.29, 0.717) is 0 Å². The van der Waals surface area contributed by atoms with E-state index < -0.39 is 7.14 Å². The van der Waals surface area contributed by atoms with Gasteiger partial charge < -0.3 is 4.57 Å². The molecule has 84 valence electrons. The lowest BCUT2D eigenvalue weighted by Gasteiger charge is -2.14. The van der Waals surface area contributed by atoms with Crippen LogP contribution in [0.5, 0.6) is 0 Å². The molecule has 0 amide bonds. The van der Waals surface area contributed by atoms with Gasteiger partial charge in [0, 0.05) is 16.9 Å². The van der Waals surface area contributed by atoms with Gasteiger partial charge in [-0.3, -0.25) is 0 Å². The van der Waals surface area contributed by atoms with E-state index in [1.165, 1.54) is 6.33 Å². The normalized spacial score (nSPS) is 11.9. The second kappa shape index (κ2) is 3.99.